The minimum Gasteiger partial charge on any atom is -0.493 e. The second-order valence-corrected chi connectivity index (χ2v) is 5.66. The predicted molar refractivity (Wildman–Crippen MR) is 92.8 cm³/mol. The third-order valence-electron chi connectivity index (χ3n) is 3.33. The van der Waals surface area contributed by atoms with Crippen molar-refractivity contribution in [2.75, 3.05) is 19.5 Å². The quantitative estimate of drug-likeness (QED) is 0.769. The van der Waals surface area contributed by atoms with E-state index in [4.69, 9.17) is 9.47 Å². The minimum atomic E-state index is -0.240. The summed E-state index contributed by atoms with van der Waals surface area (Å²) in [6.45, 7) is 0. The van der Waals surface area contributed by atoms with E-state index in [9.17, 15) is 4.79 Å². The van der Waals surface area contributed by atoms with E-state index in [-0.39, 0.29) is 5.91 Å². The lowest BCUT2D eigenvalue weighted by atomic mass is 10.1. The normalized spacial score (nSPS) is 10.2. The third kappa shape index (κ3) is 3.36. The average Bonchev–Trinajstić information content (AvgIpc) is 3.10. The smallest absolute Gasteiger partial charge is 0.259 e. The van der Waals surface area contributed by atoms with E-state index < -0.39 is 0 Å². The van der Waals surface area contributed by atoms with Gasteiger partial charge in [0.05, 0.1) is 25.5 Å². The topological polar surface area (TPSA) is 73.3 Å². The van der Waals surface area contributed by atoms with Crippen LogP contribution in [0.2, 0.25) is 0 Å². The molecule has 0 atom stereocenters. The van der Waals surface area contributed by atoms with E-state index in [1.54, 1.807) is 32.5 Å². The standard InChI is InChI=1S/C17H15N3O3S/c1-22-14-6-5-11(8-15(14)23-2)13-10-24-17(19-13)20-16(21)12-4-3-7-18-9-12/h3-10H,1-2H3,(H,19,20,21). The van der Waals surface area contributed by atoms with Gasteiger partial charge in [0.25, 0.3) is 5.91 Å². The Bertz CT molecular complexity index is 849. The van der Waals surface area contributed by atoms with Crippen LogP contribution >= 0.6 is 11.3 Å². The molecule has 1 N–H and O–H groups in total. The van der Waals surface area contributed by atoms with E-state index in [0.717, 1.165) is 11.3 Å². The number of hydrogen-bond donors (Lipinski definition) is 1. The van der Waals surface area contributed by atoms with Gasteiger partial charge >= 0.3 is 0 Å². The number of hydrogen-bond acceptors (Lipinski definition) is 6. The van der Waals surface area contributed by atoms with Crippen LogP contribution in [0.25, 0.3) is 11.3 Å². The van der Waals surface area contributed by atoms with Gasteiger partial charge in [-0.2, -0.15) is 0 Å². The molecule has 1 amide bonds. The first kappa shape index (κ1) is 15.9. The number of thiazole rings is 1. The lowest BCUT2D eigenvalue weighted by molar-refractivity contribution is 0.102. The summed E-state index contributed by atoms with van der Waals surface area (Å²) in [5.74, 6) is 1.04. The number of pyridine rings is 1. The molecule has 2 aromatic heterocycles. The molecule has 0 saturated heterocycles. The summed E-state index contributed by atoms with van der Waals surface area (Å²) in [6.07, 6.45) is 3.13. The number of methoxy groups -OCH3 is 2. The van der Waals surface area contributed by atoms with Crippen LogP contribution in [0, 0.1) is 0 Å². The maximum atomic E-state index is 12.1. The second kappa shape index (κ2) is 7.10. The van der Waals surface area contributed by atoms with Crippen LogP contribution in [0.15, 0.2) is 48.1 Å². The van der Waals surface area contributed by atoms with Crippen LogP contribution < -0.4 is 14.8 Å². The van der Waals surface area contributed by atoms with Gasteiger partial charge in [0, 0.05) is 23.3 Å². The zero-order chi connectivity index (χ0) is 16.9. The van der Waals surface area contributed by atoms with E-state index in [1.807, 2.05) is 23.6 Å². The van der Waals surface area contributed by atoms with Crippen molar-refractivity contribution < 1.29 is 14.3 Å². The molecule has 1 aromatic carbocycles. The fourth-order valence-corrected chi connectivity index (χ4v) is 2.84. The van der Waals surface area contributed by atoms with Crippen molar-refractivity contribution >= 4 is 22.4 Å². The summed E-state index contributed by atoms with van der Waals surface area (Å²) in [7, 11) is 3.18. The number of aromatic nitrogens is 2. The second-order valence-electron chi connectivity index (χ2n) is 4.80. The fraction of sp³-hybridized carbons (Fsp3) is 0.118. The van der Waals surface area contributed by atoms with E-state index in [0.29, 0.717) is 22.2 Å². The van der Waals surface area contributed by atoms with Crippen LogP contribution in [0.1, 0.15) is 10.4 Å². The number of anilines is 1. The molecule has 0 radical (unpaired) electrons. The van der Waals surface area contributed by atoms with Gasteiger partial charge in [-0.25, -0.2) is 4.98 Å². The first-order valence-electron chi connectivity index (χ1n) is 7.10. The molecule has 24 heavy (non-hydrogen) atoms. The van der Waals surface area contributed by atoms with Crippen molar-refractivity contribution in [1.29, 1.82) is 0 Å². The number of ether oxygens (including phenoxy) is 2. The van der Waals surface area contributed by atoms with Crippen molar-refractivity contribution in [3.63, 3.8) is 0 Å². The van der Waals surface area contributed by atoms with E-state index >= 15 is 0 Å². The first-order valence-corrected chi connectivity index (χ1v) is 7.98. The summed E-state index contributed by atoms with van der Waals surface area (Å²) < 4.78 is 10.5. The van der Waals surface area contributed by atoms with Gasteiger partial charge in [-0.1, -0.05) is 0 Å². The first-order chi connectivity index (χ1) is 11.7. The summed E-state index contributed by atoms with van der Waals surface area (Å²) in [5, 5.41) is 5.17. The monoisotopic (exact) mass is 341 g/mol. The van der Waals surface area contributed by atoms with Crippen molar-refractivity contribution in [3.8, 4) is 22.8 Å². The molecule has 122 valence electrons. The van der Waals surface area contributed by atoms with Crippen LogP contribution in [0.5, 0.6) is 11.5 Å². The molecule has 0 aliphatic heterocycles. The molecule has 0 aliphatic carbocycles. The molecule has 3 aromatic rings. The van der Waals surface area contributed by atoms with Gasteiger partial charge < -0.3 is 9.47 Å². The molecular formula is C17H15N3O3S. The van der Waals surface area contributed by atoms with Crippen molar-refractivity contribution in [1.82, 2.24) is 9.97 Å². The number of nitrogens with one attached hydrogen (secondary N) is 1. The van der Waals surface area contributed by atoms with Gasteiger partial charge in [0.1, 0.15) is 0 Å². The highest BCUT2D eigenvalue weighted by Crippen LogP contribution is 2.33. The summed E-state index contributed by atoms with van der Waals surface area (Å²) in [5.41, 5.74) is 2.12. The van der Waals surface area contributed by atoms with Gasteiger partial charge in [-0.05, 0) is 30.3 Å². The van der Waals surface area contributed by atoms with Gasteiger partial charge in [-0.15, -0.1) is 11.3 Å². The SMILES string of the molecule is COc1ccc(-c2csc(NC(=O)c3cccnc3)n2)cc1OC. The Balaban J connectivity index is 1.79. The Morgan fingerprint density at radius 1 is 1.17 bits per heavy atom. The maximum absolute atomic E-state index is 12.1. The van der Waals surface area contributed by atoms with Crippen molar-refractivity contribution in [2.45, 2.75) is 0 Å². The molecule has 0 saturated carbocycles. The molecule has 3 rings (SSSR count). The minimum absolute atomic E-state index is 0.240. The Hall–Kier alpha value is -2.93. The van der Waals surface area contributed by atoms with Crippen molar-refractivity contribution in [2.24, 2.45) is 0 Å². The number of benzene rings is 1. The number of rotatable bonds is 5. The van der Waals surface area contributed by atoms with Crippen molar-refractivity contribution in [3.05, 3.63) is 53.7 Å². The van der Waals surface area contributed by atoms with Gasteiger partial charge in [-0.3, -0.25) is 15.1 Å². The highest BCUT2D eigenvalue weighted by Gasteiger charge is 2.12. The molecule has 0 fully saturated rings. The number of carbonyl (C=O) groups is 1. The Morgan fingerprint density at radius 2 is 2.00 bits per heavy atom. The molecule has 2 heterocycles. The molecule has 0 unspecified atom stereocenters. The average molecular weight is 341 g/mol. The van der Waals surface area contributed by atoms with Crippen LogP contribution in [-0.4, -0.2) is 30.1 Å². The summed E-state index contributed by atoms with van der Waals surface area (Å²) >= 11 is 1.36. The number of nitrogens with zero attached hydrogens (tertiary/aromatic N) is 2. The predicted octanol–water partition coefficient (Wildman–Crippen LogP) is 3.47. The lowest BCUT2D eigenvalue weighted by Crippen LogP contribution is -2.11. The Morgan fingerprint density at radius 3 is 2.71 bits per heavy atom. The zero-order valence-electron chi connectivity index (χ0n) is 13.1. The largest absolute Gasteiger partial charge is 0.493 e. The molecular weight excluding hydrogens is 326 g/mol. The fourth-order valence-electron chi connectivity index (χ4n) is 2.13. The highest BCUT2D eigenvalue weighted by molar-refractivity contribution is 7.14. The number of carbonyl (C=O) groups excluding carboxylic acids is 1. The summed E-state index contributed by atoms with van der Waals surface area (Å²) in [4.78, 5) is 20.5. The van der Waals surface area contributed by atoms with Crippen LogP contribution in [0.3, 0.4) is 0 Å². The lowest BCUT2D eigenvalue weighted by Gasteiger charge is -2.08. The molecule has 6 nitrogen and oxygen atoms in total. The zero-order valence-corrected chi connectivity index (χ0v) is 14.0. The Labute approximate surface area is 143 Å². The summed E-state index contributed by atoms with van der Waals surface area (Å²) in [6, 6.07) is 8.97. The van der Waals surface area contributed by atoms with Gasteiger partial charge in [0.15, 0.2) is 16.6 Å². The van der Waals surface area contributed by atoms with Gasteiger partial charge in [0.2, 0.25) is 0 Å². The number of amides is 1. The molecule has 7 heteroatoms. The maximum Gasteiger partial charge on any atom is 0.259 e. The Kier molecular flexibility index (Phi) is 4.72. The van der Waals surface area contributed by atoms with Crippen LogP contribution in [0.4, 0.5) is 5.13 Å². The van der Waals surface area contributed by atoms with E-state index in [2.05, 4.69) is 15.3 Å². The molecule has 0 spiro atoms. The third-order valence-corrected chi connectivity index (χ3v) is 4.09. The molecule has 0 aliphatic rings. The van der Waals surface area contributed by atoms with Crippen LogP contribution in [-0.2, 0) is 0 Å². The van der Waals surface area contributed by atoms with E-state index in [1.165, 1.54) is 17.5 Å². The molecule has 0 bridgehead atoms. The highest BCUT2D eigenvalue weighted by atomic mass is 32.1.